The van der Waals surface area contributed by atoms with E-state index in [1.54, 1.807) is 7.41 Å². The molecular formula is C8H8B2NO2. The lowest BCUT2D eigenvalue weighted by Crippen LogP contribution is -2.28. The summed E-state index contributed by atoms with van der Waals surface area (Å²) in [6, 6.07) is 5.67. The molecule has 0 atom stereocenters. The van der Waals surface area contributed by atoms with E-state index < -0.39 is 0 Å². The third-order valence-electron chi connectivity index (χ3n) is 1.82. The Morgan fingerprint density at radius 2 is 2.00 bits per heavy atom. The Balaban J connectivity index is 2.24. The van der Waals surface area contributed by atoms with Crippen LogP contribution in [0, 0.1) is 0 Å². The highest BCUT2D eigenvalue weighted by molar-refractivity contribution is 6.56. The number of hydrogen-bond acceptors (Lipinski definition) is 3. The van der Waals surface area contributed by atoms with Crippen molar-refractivity contribution in [1.29, 1.82) is 0 Å². The van der Waals surface area contributed by atoms with Crippen LogP contribution < -0.4 is 20.1 Å². The Morgan fingerprint density at radius 3 is 2.77 bits per heavy atom. The molecule has 0 fully saturated rings. The number of hydrogen-bond donors (Lipinski definition) is 1. The fraction of sp³-hybridized carbons (Fsp3) is 0.250. The summed E-state index contributed by atoms with van der Waals surface area (Å²) >= 11 is 0. The molecule has 1 N–H and O–H groups in total. The smallest absolute Gasteiger partial charge is 0.232 e. The van der Waals surface area contributed by atoms with Gasteiger partial charge >= 0.3 is 0 Å². The van der Waals surface area contributed by atoms with Crippen molar-refractivity contribution in [3.63, 3.8) is 0 Å². The lowest BCUT2D eigenvalue weighted by Gasteiger charge is -2.18. The van der Waals surface area contributed by atoms with E-state index in [1.807, 2.05) is 18.2 Å². The first-order valence-corrected chi connectivity index (χ1v) is 4.09. The Labute approximate surface area is 79.1 Å². The first-order chi connectivity index (χ1) is 6.40. The van der Waals surface area contributed by atoms with Crippen LogP contribution in [-0.2, 0) is 0 Å². The number of nitrogens with one attached hydrogen (secondary N) is 1. The van der Waals surface area contributed by atoms with E-state index in [1.165, 1.54) is 0 Å². The molecule has 63 valence electrons. The zero-order chi connectivity index (χ0) is 9.10. The van der Waals surface area contributed by atoms with Crippen molar-refractivity contribution in [2.45, 2.75) is 0 Å². The van der Waals surface area contributed by atoms with Gasteiger partial charge in [-0.3, -0.25) is 0 Å². The van der Waals surface area contributed by atoms with Gasteiger partial charge in [-0.1, -0.05) is 11.5 Å². The van der Waals surface area contributed by atoms with E-state index in [2.05, 4.69) is 5.14 Å². The van der Waals surface area contributed by atoms with E-state index in [9.17, 15) is 0 Å². The largest absolute Gasteiger partial charge is 0.486 e. The molecule has 0 aliphatic carbocycles. The second-order valence-electron chi connectivity index (χ2n) is 2.71. The molecule has 0 saturated carbocycles. The van der Waals surface area contributed by atoms with Gasteiger partial charge in [-0.05, 0) is 12.1 Å². The molecule has 0 saturated heterocycles. The Hall–Kier alpha value is -1.09. The Morgan fingerprint density at radius 1 is 1.23 bits per heavy atom. The summed E-state index contributed by atoms with van der Waals surface area (Å²) in [6.45, 7) is 1.22. The van der Waals surface area contributed by atoms with Crippen molar-refractivity contribution in [1.82, 2.24) is 5.14 Å². The molecule has 3 nitrogen and oxygen atoms in total. The maximum atomic E-state index is 5.40. The minimum absolute atomic E-state index is 0.604. The van der Waals surface area contributed by atoms with Gasteiger partial charge in [0.15, 0.2) is 19.5 Å². The fourth-order valence-electron chi connectivity index (χ4n) is 1.25. The average Bonchev–Trinajstić information content (AvgIpc) is 2.18. The molecule has 1 aliphatic rings. The molecule has 1 aromatic rings. The second-order valence-corrected chi connectivity index (χ2v) is 2.71. The van der Waals surface area contributed by atoms with Gasteiger partial charge in [0.1, 0.15) is 13.2 Å². The summed E-state index contributed by atoms with van der Waals surface area (Å²) in [5.41, 5.74) is 0.965. The van der Waals surface area contributed by atoms with Crippen LogP contribution in [0.2, 0.25) is 0 Å². The molecule has 1 aromatic carbocycles. The average molecular weight is 172 g/mol. The highest BCUT2D eigenvalue weighted by atomic mass is 16.6. The van der Waals surface area contributed by atoms with Crippen molar-refractivity contribution in [3.8, 4) is 11.5 Å². The van der Waals surface area contributed by atoms with Crippen LogP contribution in [0.3, 0.4) is 0 Å². The monoisotopic (exact) mass is 172 g/mol. The lowest BCUT2D eigenvalue weighted by molar-refractivity contribution is 0.172. The van der Waals surface area contributed by atoms with E-state index in [4.69, 9.17) is 17.5 Å². The number of ether oxygens (including phenoxy) is 2. The minimum Gasteiger partial charge on any atom is -0.486 e. The minimum atomic E-state index is 0.604. The predicted molar refractivity (Wildman–Crippen MR) is 51.7 cm³/mol. The molecule has 0 unspecified atom stereocenters. The van der Waals surface area contributed by atoms with Crippen LogP contribution in [-0.4, -0.2) is 28.6 Å². The number of benzene rings is 1. The summed E-state index contributed by atoms with van der Waals surface area (Å²) in [5.74, 6) is 1.57. The van der Waals surface area contributed by atoms with Gasteiger partial charge < -0.3 is 14.6 Å². The van der Waals surface area contributed by atoms with Crippen LogP contribution >= 0.6 is 0 Å². The zero-order valence-electron chi connectivity index (χ0n) is 7.12. The maximum absolute atomic E-state index is 5.40. The molecule has 3 radical (unpaired) electrons. The molecule has 0 aromatic heterocycles. The van der Waals surface area contributed by atoms with Gasteiger partial charge in [0, 0.05) is 0 Å². The molecule has 0 bridgehead atoms. The van der Waals surface area contributed by atoms with Gasteiger partial charge in [0.25, 0.3) is 0 Å². The van der Waals surface area contributed by atoms with Gasteiger partial charge in [-0.15, -0.1) is 0 Å². The zero-order valence-corrected chi connectivity index (χ0v) is 7.12. The maximum Gasteiger partial charge on any atom is 0.232 e. The van der Waals surface area contributed by atoms with E-state index in [0.717, 1.165) is 17.0 Å². The lowest BCUT2D eigenvalue weighted by atomic mass is 9.81. The van der Waals surface area contributed by atoms with Crippen LogP contribution in [0.4, 0.5) is 0 Å². The van der Waals surface area contributed by atoms with Crippen molar-refractivity contribution >= 4 is 20.9 Å². The van der Waals surface area contributed by atoms with Gasteiger partial charge in [-0.2, -0.15) is 0 Å². The first kappa shape index (κ1) is 8.51. The molecule has 1 aliphatic heterocycles. The van der Waals surface area contributed by atoms with E-state index in [0.29, 0.717) is 13.2 Å². The third kappa shape index (κ3) is 1.80. The SMILES string of the molecule is [B]N[B]c1ccc2c(c1)OCCO2. The van der Waals surface area contributed by atoms with Crippen LogP contribution in [0.25, 0.3) is 0 Å². The molecular weight excluding hydrogens is 164 g/mol. The third-order valence-corrected chi connectivity index (χ3v) is 1.82. The summed E-state index contributed by atoms with van der Waals surface area (Å²) in [5, 5.41) is 2.47. The number of rotatable bonds is 2. The standard InChI is InChI=1S/C8H8B2NO2/c9-11-10-6-1-2-7-8(5-6)13-4-3-12-7/h1-2,5,11H,3-4H2. The second kappa shape index (κ2) is 3.75. The quantitative estimate of drug-likeness (QED) is 0.602. The van der Waals surface area contributed by atoms with Crippen molar-refractivity contribution in [3.05, 3.63) is 18.2 Å². The molecule has 13 heavy (non-hydrogen) atoms. The normalized spacial score (nSPS) is 13.8. The Bertz CT molecular complexity index is 306. The van der Waals surface area contributed by atoms with Gasteiger partial charge in [0.05, 0.1) is 0 Å². The van der Waals surface area contributed by atoms with Crippen LogP contribution in [0.15, 0.2) is 18.2 Å². The van der Waals surface area contributed by atoms with Crippen molar-refractivity contribution in [2.75, 3.05) is 13.2 Å². The predicted octanol–water partition coefficient (Wildman–Crippen LogP) is -0.625. The molecule has 0 spiro atoms. The van der Waals surface area contributed by atoms with Gasteiger partial charge in [-0.25, -0.2) is 0 Å². The summed E-state index contributed by atoms with van der Waals surface area (Å²) < 4.78 is 10.8. The Kier molecular flexibility index (Phi) is 2.45. The highest BCUT2D eigenvalue weighted by Gasteiger charge is 2.11. The van der Waals surface area contributed by atoms with Crippen LogP contribution in [0.5, 0.6) is 11.5 Å². The van der Waals surface area contributed by atoms with Crippen molar-refractivity contribution < 1.29 is 9.47 Å². The van der Waals surface area contributed by atoms with Gasteiger partial charge in [0.2, 0.25) is 7.41 Å². The number of fused-ring (bicyclic) bond motifs is 1. The molecule has 2 rings (SSSR count). The molecule has 1 heterocycles. The molecule has 0 amide bonds. The summed E-state index contributed by atoms with van der Waals surface area (Å²) in [6.07, 6.45) is 0. The van der Waals surface area contributed by atoms with E-state index >= 15 is 0 Å². The first-order valence-electron chi connectivity index (χ1n) is 4.09. The van der Waals surface area contributed by atoms with Crippen LogP contribution in [0.1, 0.15) is 0 Å². The van der Waals surface area contributed by atoms with E-state index in [-0.39, 0.29) is 0 Å². The highest BCUT2D eigenvalue weighted by Crippen LogP contribution is 2.27. The fourth-order valence-corrected chi connectivity index (χ4v) is 1.25. The summed E-state index contributed by atoms with van der Waals surface area (Å²) in [7, 11) is 6.85. The van der Waals surface area contributed by atoms with Crippen molar-refractivity contribution in [2.24, 2.45) is 0 Å². The topological polar surface area (TPSA) is 30.5 Å². The molecule has 5 heteroatoms. The summed E-state index contributed by atoms with van der Waals surface area (Å²) in [4.78, 5) is 0.